The number of hydrogen-bond donors (Lipinski definition) is 1. The van der Waals surface area contributed by atoms with Crippen LogP contribution in [0.3, 0.4) is 0 Å². The van der Waals surface area contributed by atoms with Crippen molar-refractivity contribution < 1.29 is 17.9 Å². The molecule has 0 saturated carbocycles. The maximum atomic E-state index is 12.1. The van der Waals surface area contributed by atoms with Gasteiger partial charge in [0.15, 0.2) is 0 Å². The number of nitrogens with one attached hydrogen (secondary N) is 1. The van der Waals surface area contributed by atoms with Crippen molar-refractivity contribution in [2.75, 3.05) is 29.0 Å². The molecule has 1 heterocycles. The largest absolute Gasteiger partial charge is 0.494 e. The first-order valence-corrected chi connectivity index (χ1v) is 10.4. The molecular weight excluding hydrogens is 352 g/mol. The monoisotopic (exact) mass is 374 g/mol. The minimum absolute atomic E-state index is 0.0837. The summed E-state index contributed by atoms with van der Waals surface area (Å²) in [5, 5.41) is 2.86. The maximum absolute atomic E-state index is 12.1. The standard InChI is InChI=1S/C19H22N2O4S/c1-26(23,24)21-12-11-15-14-16(9-10-18(15)21)20-19(22)8-5-13-25-17-6-3-2-4-7-17/h2-4,6-7,9-10,14H,5,8,11-13H2,1H3,(H,20,22). The van der Waals surface area contributed by atoms with E-state index in [0.29, 0.717) is 43.8 Å². The van der Waals surface area contributed by atoms with Crippen molar-refractivity contribution in [2.45, 2.75) is 19.3 Å². The molecule has 0 aromatic heterocycles. The van der Waals surface area contributed by atoms with Crippen molar-refractivity contribution in [2.24, 2.45) is 0 Å². The molecule has 6 nitrogen and oxygen atoms in total. The molecule has 0 unspecified atom stereocenters. The van der Waals surface area contributed by atoms with Crippen molar-refractivity contribution in [1.29, 1.82) is 0 Å². The van der Waals surface area contributed by atoms with Crippen molar-refractivity contribution in [3.63, 3.8) is 0 Å². The zero-order valence-electron chi connectivity index (χ0n) is 14.6. The number of para-hydroxylation sites is 1. The summed E-state index contributed by atoms with van der Waals surface area (Å²) >= 11 is 0. The van der Waals surface area contributed by atoms with Crippen molar-refractivity contribution in [1.82, 2.24) is 0 Å². The van der Waals surface area contributed by atoms with Crippen LogP contribution in [0, 0.1) is 0 Å². The molecule has 138 valence electrons. The Bertz CT molecular complexity index is 882. The normalized spacial score (nSPS) is 13.3. The maximum Gasteiger partial charge on any atom is 0.232 e. The van der Waals surface area contributed by atoms with Crippen LogP contribution in [-0.2, 0) is 21.2 Å². The zero-order chi connectivity index (χ0) is 18.6. The molecule has 1 N–H and O–H groups in total. The lowest BCUT2D eigenvalue weighted by Gasteiger charge is -2.16. The van der Waals surface area contributed by atoms with Gasteiger partial charge in [-0.15, -0.1) is 0 Å². The average molecular weight is 374 g/mol. The highest BCUT2D eigenvalue weighted by molar-refractivity contribution is 7.92. The van der Waals surface area contributed by atoms with E-state index in [-0.39, 0.29) is 5.91 Å². The van der Waals surface area contributed by atoms with E-state index in [4.69, 9.17) is 4.74 Å². The SMILES string of the molecule is CS(=O)(=O)N1CCc2cc(NC(=O)CCCOc3ccccc3)ccc21. The molecule has 1 aliphatic heterocycles. The molecule has 3 rings (SSSR count). The molecule has 2 aromatic rings. The van der Waals surface area contributed by atoms with Crippen LogP contribution in [0.1, 0.15) is 18.4 Å². The first-order chi connectivity index (χ1) is 12.4. The molecule has 0 radical (unpaired) electrons. The Balaban J connectivity index is 1.49. The number of rotatable bonds is 7. The van der Waals surface area contributed by atoms with Gasteiger partial charge in [-0.05, 0) is 48.7 Å². The summed E-state index contributed by atoms with van der Waals surface area (Å²) in [7, 11) is -3.26. The van der Waals surface area contributed by atoms with Gasteiger partial charge in [-0.1, -0.05) is 18.2 Å². The molecular formula is C19H22N2O4S. The van der Waals surface area contributed by atoms with E-state index in [1.807, 2.05) is 36.4 Å². The van der Waals surface area contributed by atoms with Gasteiger partial charge in [0.2, 0.25) is 15.9 Å². The summed E-state index contributed by atoms with van der Waals surface area (Å²) in [5.74, 6) is 0.710. The zero-order valence-corrected chi connectivity index (χ0v) is 15.5. The van der Waals surface area contributed by atoms with Gasteiger partial charge >= 0.3 is 0 Å². The number of sulfonamides is 1. The smallest absolute Gasteiger partial charge is 0.232 e. The Morgan fingerprint density at radius 1 is 1.19 bits per heavy atom. The van der Waals surface area contributed by atoms with Crippen LogP contribution in [0.5, 0.6) is 5.75 Å². The molecule has 0 spiro atoms. The Morgan fingerprint density at radius 2 is 1.96 bits per heavy atom. The Hall–Kier alpha value is -2.54. The van der Waals surface area contributed by atoms with Gasteiger partial charge in [-0.25, -0.2) is 8.42 Å². The van der Waals surface area contributed by atoms with E-state index < -0.39 is 10.0 Å². The van der Waals surface area contributed by atoms with Gasteiger partial charge in [-0.3, -0.25) is 9.10 Å². The molecule has 2 aromatic carbocycles. The number of carbonyl (C=O) groups excluding carboxylic acids is 1. The lowest BCUT2D eigenvalue weighted by atomic mass is 10.1. The summed E-state index contributed by atoms with van der Waals surface area (Å²) < 4.78 is 30.5. The minimum atomic E-state index is -3.26. The fourth-order valence-electron chi connectivity index (χ4n) is 2.96. The van der Waals surface area contributed by atoms with Crippen LogP contribution < -0.4 is 14.4 Å². The van der Waals surface area contributed by atoms with Crippen LogP contribution >= 0.6 is 0 Å². The van der Waals surface area contributed by atoms with Crippen LogP contribution in [0.25, 0.3) is 0 Å². The van der Waals surface area contributed by atoms with Crippen LogP contribution in [0.15, 0.2) is 48.5 Å². The Morgan fingerprint density at radius 3 is 2.69 bits per heavy atom. The number of nitrogens with zero attached hydrogens (tertiary/aromatic N) is 1. The van der Waals surface area contributed by atoms with E-state index in [1.165, 1.54) is 10.6 Å². The molecule has 0 aliphatic carbocycles. The fourth-order valence-corrected chi connectivity index (χ4v) is 3.92. The molecule has 0 bridgehead atoms. The minimum Gasteiger partial charge on any atom is -0.494 e. The second-order valence-electron chi connectivity index (χ2n) is 6.24. The van der Waals surface area contributed by atoms with Gasteiger partial charge in [0, 0.05) is 18.7 Å². The molecule has 26 heavy (non-hydrogen) atoms. The summed E-state index contributed by atoms with van der Waals surface area (Å²) in [6, 6.07) is 14.8. The van der Waals surface area contributed by atoms with Crippen LogP contribution in [0.2, 0.25) is 0 Å². The first-order valence-electron chi connectivity index (χ1n) is 8.52. The lowest BCUT2D eigenvalue weighted by molar-refractivity contribution is -0.116. The predicted octanol–water partition coefficient (Wildman–Crippen LogP) is 2.81. The summed E-state index contributed by atoms with van der Waals surface area (Å²) in [5.41, 5.74) is 2.32. The summed E-state index contributed by atoms with van der Waals surface area (Å²) in [6.07, 6.45) is 2.83. The summed E-state index contributed by atoms with van der Waals surface area (Å²) in [4.78, 5) is 12.1. The quantitative estimate of drug-likeness (QED) is 0.756. The molecule has 1 amide bonds. The third kappa shape index (κ3) is 4.54. The topological polar surface area (TPSA) is 75.7 Å². The van der Waals surface area contributed by atoms with Gasteiger partial charge in [0.25, 0.3) is 0 Å². The van der Waals surface area contributed by atoms with E-state index in [0.717, 1.165) is 11.3 Å². The van der Waals surface area contributed by atoms with Crippen molar-refractivity contribution in [3.8, 4) is 5.75 Å². The van der Waals surface area contributed by atoms with Gasteiger partial charge in [0.1, 0.15) is 5.75 Å². The third-order valence-electron chi connectivity index (χ3n) is 4.18. The van der Waals surface area contributed by atoms with Crippen LogP contribution in [-0.4, -0.2) is 33.7 Å². The Kier molecular flexibility index (Phi) is 5.46. The lowest BCUT2D eigenvalue weighted by Crippen LogP contribution is -2.27. The number of fused-ring (bicyclic) bond motifs is 1. The first kappa shape index (κ1) is 18.3. The van der Waals surface area contributed by atoms with E-state index >= 15 is 0 Å². The number of anilines is 2. The van der Waals surface area contributed by atoms with Gasteiger partial charge in [-0.2, -0.15) is 0 Å². The Labute approximate surface area is 153 Å². The second kappa shape index (κ2) is 7.78. The molecule has 1 aliphatic rings. The second-order valence-corrected chi connectivity index (χ2v) is 8.15. The molecule has 7 heteroatoms. The van der Waals surface area contributed by atoms with Crippen LogP contribution in [0.4, 0.5) is 11.4 Å². The third-order valence-corrected chi connectivity index (χ3v) is 5.36. The number of benzene rings is 2. The van der Waals surface area contributed by atoms with Crippen molar-refractivity contribution >= 4 is 27.3 Å². The van der Waals surface area contributed by atoms with E-state index in [2.05, 4.69) is 5.32 Å². The fraction of sp³-hybridized carbons (Fsp3) is 0.316. The van der Waals surface area contributed by atoms with E-state index in [1.54, 1.807) is 12.1 Å². The number of carbonyl (C=O) groups is 1. The summed E-state index contributed by atoms with van der Waals surface area (Å²) in [6.45, 7) is 0.924. The average Bonchev–Trinajstić information content (AvgIpc) is 3.03. The highest BCUT2D eigenvalue weighted by atomic mass is 32.2. The molecule has 0 saturated heterocycles. The predicted molar refractivity (Wildman–Crippen MR) is 102 cm³/mol. The van der Waals surface area contributed by atoms with Gasteiger partial charge < -0.3 is 10.1 Å². The number of amides is 1. The highest BCUT2D eigenvalue weighted by Gasteiger charge is 2.26. The van der Waals surface area contributed by atoms with Crippen molar-refractivity contribution in [3.05, 3.63) is 54.1 Å². The molecule has 0 fully saturated rings. The van der Waals surface area contributed by atoms with E-state index in [9.17, 15) is 13.2 Å². The number of ether oxygens (including phenoxy) is 1. The van der Waals surface area contributed by atoms with Gasteiger partial charge in [0.05, 0.1) is 18.6 Å². The molecule has 0 atom stereocenters. The number of hydrogen-bond acceptors (Lipinski definition) is 4. The highest BCUT2D eigenvalue weighted by Crippen LogP contribution is 2.32.